The van der Waals surface area contributed by atoms with Crippen LogP contribution >= 0.6 is 0 Å². The molecule has 0 bridgehead atoms. The van der Waals surface area contributed by atoms with Gasteiger partial charge in [-0.25, -0.2) is 4.39 Å². The Balaban J connectivity index is 1.64. The zero-order chi connectivity index (χ0) is 15.5. The molecule has 1 heterocycles. The monoisotopic (exact) mass is 298 g/mol. The van der Waals surface area contributed by atoms with Gasteiger partial charge in [-0.2, -0.15) is 0 Å². The molecule has 0 saturated carbocycles. The smallest absolute Gasteiger partial charge is 0.253 e. The van der Waals surface area contributed by atoms with Crippen LogP contribution in [0.15, 0.2) is 48.5 Å². The molecule has 0 aliphatic carbocycles. The van der Waals surface area contributed by atoms with Crippen molar-refractivity contribution in [2.75, 3.05) is 31.1 Å². The van der Waals surface area contributed by atoms with E-state index in [0.29, 0.717) is 13.1 Å². The zero-order valence-electron chi connectivity index (χ0n) is 12.6. The highest BCUT2D eigenvalue weighted by atomic mass is 19.1. The predicted molar refractivity (Wildman–Crippen MR) is 85.7 cm³/mol. The number of anilines is 1. The normalized spacial score (nSPS) is 15.0. The quantitative estimate of drug-likeness (QED) is 0.850. The summed E-state index contributed by atoms with van der Waals surface area (Å²) >= 11 is 0. The van der Waals surface area contributed by atoms with Crippen LogP contribution in [0.3, 0.4) is 0 Å². The third-order valence-electron chi connectivity index (χ3n) is 4.02. The molecule has 0 unspecified atom stereocenters. The number of benzene rings is 2. The minimum atomic E-state index is -0.225. The Morgan fingerprint density at radius 3 is 2.32 bits per heavy atom. The standard InChI is InChI=1S/C18H19FN2O/c1-14-3-2-4-15(13-14)18(22)21-11-9-20(10-12-21)17-7-5-16(19)6-8-17/h2-8,13H,9-12H2,1H3. The van der Waals surface area contributed by atoms with Crippen molar-refractivity contribution < 1.29 is 9.18 Å². The van der Waals surface area contributed by atoms with Gasteiger partial charge < -0.3 is 9.80 Å². The Morgan fingerprint density at radius 2 is 1.68 bits per heavy atom. The maximum absolute atomic E-state index is 13.0. The van der Waals surface area contributed by atoms with Crippen molar-refractivity contribution in [1.29, 1.82) is 0 Å². The van der Waals surface area contributed by atoms with Gasteiger partial charge in [-0.05, 0) is 43.3 Å². The molecule has 4 heteroatoms. The van der Waals surface area contributed by atoms with Crippen molar-refractivity contribution in [3.63, 3.8) is 0 Å². The summed E-state index contributed by atoms with van der Waals surface area (Å²) < 4.78 is 13.0. The lowest BCUT2D eigenvalue weighted by molar-refractivity contribution is 0.0746. The summed E-state index contributed by atoms with van der Waals surface area (Å²) in [5, 5.41) is 0. The minimum Gasteiger partial charge on any atom is -0.368 e. The summed E-state index contributed by atoms with van der Waals surface area (Å²) in [5.41, 5.74) is 2.84. The number of rotatable bonds is 2. The molecule has 22 heavy (non-hydrogen) atoms. The van der Waals surface area contributed by atoms with Crippen LogP contribution in [-0.4, -0.2) is 37.0 Å². The van der Waals surface area contributed by atoms with Crippen LogP contribution in [-0.2, 0) is 0 Å². The number of aryl methyl sites for hydroxylation is 1. The molecule has 1 saturated heterocycles. The lowest BCUT2D eigenvalue weighted by Crippen LogP contribution is -2.48. The fourth-order valence-corrected chi connectivity index (χ4v) is 2.78. The van der Waals surface area contributed by atoms with Crippen molar-refractivity contribution in [3.8, 4) is 0 Å². The fourth-order valence-electron chi connectivity index (χ4n) is 2.78. The van der Waals surface area contributed by atoms with Crippen LogP contribution in [0, 0.1) is 12.7 Å². The Kier molecular flexibility index (Phi) is 4.09. The molecule has 3 nitrogen and oxygen atoms in total. The summed E-state index contributed by atoms with van der Waals surface area (Å²) in [6.45, 7) is 4.89. The lowest BCUT2D eigenvalue weighted by Gasteiger charge is -2.36. The van der Waals surface area contributed by atoms with Crippen molar-refractivity contribution in [1.82, 2.24) is 4.90 Å². The molecular weight excluding hydrogens is 279 g/mol. The van der Waals surface area contributed by atoms with Crippen molar-refractivity contribution in [3.05, 3.63) is 65.5 Å². The van der Waals surface area contributed by atoms with Gasteiger partial charge in [0.05, 0.1) is 0 Å². The van der Waals surface area contributed by atoms with Gasteiger partial charge in [0.15, 0.2) is 0 Å². The SMILES string of the molecule is Cc1cccc(C(=O)N2CCN(c3ccc(F)cc3)CC2)c1. The van der Waals surface area contributed by atoms with Crippen LogP contribution in [0.25, 0.3) is 0 Å². The molecule has 1 fully saturated rings. The molecule has 3 rings (SSSR count). The number of halogens is 1. The molecule has 1 aliphatic heterocycles. The first kappa shape index (κ1) is 14.6. The molecule has 114 valence electrons. The number of amides is 1. The first-order valence-electron chi connectivity index (χ1n) is 7.50. The van der Waals surface area contributed by atoms with E-state index < -0.39 is 0 Å². The summed E-state index contributed by atoms with van der Waals surface area (Å²) in [5.74, 6) is -0.139. The molecule has 0 spiro atoms. The van der Waals surface area contributed by atoms with Gasteiger partial charge in [0, 0.05) is 37.4 Å². The van der Waals surface area contributed by atoms with Crippen molar-refractivity contribution in [2.45, 2.75) is 6.92 Å². The van der Waals surface area contributed by atoms with Crippen LogP contribution in [0.4, 0.5) is 10.1 Å². The Morgan fingerprint density at radius 1 is 1.00 bits per heavy atom. The molecule has 0 radical (unpaired) electrons. The van der Waals surface area contributed by atoms with E-state index in [9.17, 15) is 9.18 Å². The van der Waals surface area contributed by atoms with Crippen LogP contribution in [0.1, 0.15) is 15.9 Å². The minimum absolute atomic E-state index is 0.0856. The molecule has 1 aliphatic rings. The Bertz CT molecular complexity index is 661. The molecule has 0 N–H and O–H groups in total. The first-order valence-corrected chi connectivity index (χ1v) is 7.50. The first-order chi connectivity index (χ1) is 10.6. The maximum Gasteiger partial charge on any atom is 0.253 e. The molecule has 2 aromatic rings. The maximum atomic E-state index is 13.0. The van der Waals surface area contributed by atoms with Crippen LogP contribution in [0.2, 0.25) is 0 Å². The van der Waals surface area contributed by atoms with Gasteiger partial charge >= 0.3 is 0 Å². The van der Waals surface area contributed by atoms with Gasteiger partial charge in [-0.1, -0.05) is 17.7 Å². The number of hydrogen-bond donors (Lipinski definition) is 0. The van der Waals surface area contributed by atoms with Crippen molar-refractivity contribution in [2.24, 2.45) is 0 Å². The third-order valence-corrected chi connectivity index (χ3v) is 4.02. The van der Waals surface area contributed by atoms with Gasteiger partial charge in [0.1, 0.15) is 5.82 Å². The van der Waals surface area contributed by atoms with E-state index in [0.717, 1.165) is 29.9 Å². The summed E-state index contributed by atoms with van der Waals surface area (Å²) in [6, 6.07) is 14.2. The van der Waals surface area contributed by atoms with E-state index in [1.165, 1.54) is 12.1 Å². The summed E-state index contributed by atoms with van der Waals surface area (Å²) in [7, 11) is 0. The predicted octanol–water partition coefficient (Wildman–Crippen LogP) is 3.10. The molecule has 2 aromatic carbocycles. The average Bonchev–Trinajstić information content (AvgIpc) is 2.55. The van der Waals surface area contributed by atoms with Crippen LogP contribution < -0.4 is 4.90 Å². The third kappa shape index (κ3) is 3.11. The fraction of sp³-hybridized carbons (Fsp3) is 0.278. The second-order valence-electron chi connectivity index (χ2n) is 5.63. The molecular formula is C18H19FN2O. The van der Waals surface area contributed by atoms with E-state index in [1.807, 2.05) is 36.1 Å². The summed E-state index contributed by atoms with van der Waals surface area (Å²) in [4.78, 5) is 16.6. The van der Waals surface area contributed by atoms with Gasteiger partial charge in [-0.15, -0.1) is 0 Å². The number of hydrogen-bond acceptors (Lipinski definition) is 2. The number of carbonyl (C=O) groups is 1. The second kappa shape index (κ2) is 6.18. The highest BCUT2D eigenvalue weighted by Gasteiger charge is 2.22. The number of piperazine rings is 1. The highest BCUT2D eigenvalue weighted by molar-refractivity contribution is 5.94. The topological polar surface area (TPSA) is 23.6 Å². The van der Waals surface area contributed by atoms with E-state index in [4.69, 9.17) is 0 Å². The van der Waals surface area contributed by atoms with E-state index in [-0.39, 0.29) is 11.7 Å². The van der Waals surface area contributed by atoms with Gasteiger partial charge in [0.25, 0.3) is 5.91 Å². The average molecular weight is 298 g/mol. The lowest BCUT2D eigenvalue weighted by atomic mass is 10.1. The Labute approximate surface area is 130 Å². The highest BCUT2D eigenvalue weighted by Crippen LogP contribution is 2.18. The molecule has 0 atom stereocenters. The van der Waals surface area contributed by atoms with E-state index in [1.54, 1.807) is 12.1 Å². The van der Waals surface area contributed by atoms with E-state index in [2.05, 4.69) is 4.90 Å². The number of nitrogens with zero attached hydrogens (tertiary/aromatic N) is 2. The molecule has 0 aromatic heterocycles. The zero-order valence-corrected chi connectivity index (χ0v) is 12.6. The second-order valence-corrected chi connectivity index (χ2v) is 5.63. The Hall–Kier alpha value is -2.36. The van der Waals surface area contributed by atoms with Gasteiger partial charge in [-0.3, -0.25) is 4.79 Å². The number of carbonyl (C=O) groups excluding carboxylic acids is 1. The van der Waals surface area contributed by atoms with E-state index >= 15 is 0 Å². The summed E-state index contributed by atoms with van der Waals surface area (Å²) in [6.07, 6.45) is 0. The van der Waals surface area contributed by atoms with Gasteiger partial charge in [0.2, 0.25) is 0 Å². The molecule has 1 amide bonds. The van der Waals surface area contributed by atoms with Crippen molar-refractivity contribution >= 4 is 11.6 Å². The van der Waals surface area contributed by atoms with Crippen LogP contribution in [0.5, 0.6) is 0 Å². The largest absolute Gasteiger partial charge is 0.368 e.